The van der Waals surface area contributed by atoms with Crippen molar-refractivity contribution in [1.82, 2.24) is 10.2 Å². The Morgan fingerprint density at radius 1 is 1.00 bits per heavy atom. The standard InChI is InChI=1S/C16H32N2/c1-16(2)9-12-18(13-10-16)14-11-17-15-7-5-3-4-6-8-15/h15,17H,3-14H2,1-2H3. The Balaban J connectivity index is 1.58. The largest absolute Gasteiger partial charge is 0.313 e. The summed E-state index contributed by atoms with van der Waals surface area (Å²) < 4.78 is 0. The molecule has 1 heterocycles. The molecule has 1 saturated carbocycles. The zero-order chi connectivity index (χ0) is 12.8. The number of hydrogen-bond donors (Lipinski definition) is 1. The van der Waals surface area contributed by atoms with E-state index in [0.717, 1.165) is 6.04 Å². The molecule has 0 aromatic rings. The number of nitrogens with zero attached hydrogens (tertiary/aromatic N) is 1. The summed E-state index contributed by atoms with van der Waals surface area (Å²) in [5.74, 6) is 0. The average molecular weight is 252 g/mol. The van der Waals surface area contributed by atoms with Gasteiger partial charge in [0, 0.05) is 19.1 Å². The molecule has 106 valence electrons. The van der Waals surface area contributed by atoms with Crippen molar-refractivity contribution in [3.63, 3.8) is 0 Å². The molecule has 0 atom stereocenters. The second-order valence-electron chi connectivity index (χ2n) is 7.15. The summed E-state index contributed by atoms with van der Waals surface area (Å²) in [6.07, 6.45) is 11.4. The van der Waals surface area contributed by atoms with Gasteiger partial charge in [0.15, 0.2) is 0 Å². The van der Waals surface area contributed by atoms with Crippen LogP contribution in [-0.4, -0.2) is 37.1 Å². The molecule has 2 aliphatic rings. The Bertz CT molecular complexity index is 219. The lowest BCUT2D eigenvalue weighted by atomic mass is 9.83. The van der Waals surface area contributed by atoms with Crippen molar-refractivity contribution in [3.05, 3.63) is 0 Å². The van der Waals surface area contributed by atoms with E-state index in [4.69, 9.17) is 0 Å². The van der Waals surface area contributed by atoms with Crippen LogP contribution >= 0.6 is 0 Å². The van der Waals surface area contributed by atoms with Crippen LogP contribution in [0.4, 0.5) is 0 Å². The molecule has 0 radical (unpaired) electrons. The first-order valence-corrected chi connectivity index (χ1v) is 8.11. The third-order valence-electron chi connectivity index (χ3n) is 4.93. The molecule has 2 heteroatoms. The van der Waals surface area contributed by atoms with Crippen LogP contribution in [-0.2, 0) is 0 Å². The number of rotatable bonds is 4. The highest BCUT2D eigenvalue weighted by atomic mass is 15.1. The fraction of sp³-hybridized carbons (Fsp3) is 1.00. The summed E-state index contributed by atoms with van der Waals surface area (Å²) >= 11 is 0. The number of hydrogen-bond acceptors (Lipinski definition) is 2. The van der Waals surface area contributed by atoms with Crippen molar-refractivity contribution in [2.45, 2.75) is 71.3 Å². The third-order valence-corrected chi connectivity index (χ3v) is 4.93. The van der Waals surface area contributed by atoms with Crippen molar-refractivity contribution >= 4 is 0 Å². The predicted octanol–water partition coefficient (Wildman–Crippen LogP) is 3.42. The molecule has 0 aromatic carbocycles. The van der Waals surface area contributed by atoms with Crippen molar-refractivity contribution in [2.24, 2.45) is 5.41 Å². The maximum absolute atomic E-state index is 3.79. The lowest BCUT2D eigenvalue weighted by Crippen LogP contribution is -2.42. The topological polar surface area (TPSA) is 15.3 Å². The molecule has 1 saturated heterocycles. The van der Waals surface area contributed by atoms with E-state index in [1.54, 1.807) is 0 Å². The molecular weight excluding hydrogens is 220 g/mol. The summed E-state index contributed by atoms with van der Waals surface area (Å²) in [6.45, 7) is 9.89. The molecule has 0 unspecified atom stereocenters. The SMILES string of the molecule is CC1(C)CCN(CCNC2CCCCCC2)CC1. The van der Waals surface area contributed by atoms with Gasteiger partial charge in [-0.2, -0.15) is 0 Å². The van der Waals surface area contributed by atoms with Gasteiger partial charge in [-0.3, -0.25) is 0 Å². The van der Waals surface area contributed by atoms with E-state index >= 15 is 0 Å². The lowest BCUT2D eigenvalue weighted by molar-refractivity contribution is 0.132. The first-order chi connectivity index (χ1) is 8.66. The van der Waals surface area contributed by atoms with E-state index in [0.29, 0.717) is 5.41 Å². The first kappa shape index (κ1) is 14.3. The predicted molar refractivity (Wildman–Crippen MR) is 78.9 cm³/mol. The highest BCUT2D eigenvalue weighted by Crippen LogP contribution is 2.29. The Labute approximate surface area is 114 Å². The number of nitrogens with one attached hydrogen (secondary N) is 1. The van der Waals surface area contributed by atoms with Crippen LogP contribution in [0.3, 0.4) is 0 Å². The molecule has 2 nitrogen and oxygen atoms in total. The van der Waals surface area contributed by atoms with Gasteiger partial charge in [0.25, 0.3) is 0 Å². The minimum atomic E-state index is 0.589. The quantitative estimate of drug-likeness (QED) is 0.771. The van der Waals surface area contributed by atoms with Gasteiger partial charge >= 0.3 is 0 Å². The molecule has 18 heavy (non-hydrogen) atoms. The van der Waals surface area contributed by atoms with Crippen LogP contribution in [0, 0.1) is 5.41 Å². The highest BCUT2D eigenvalue weighted by Gasteiger charge is 2.24. The first-order valence-electron chi connectivity index (χ1n) is 8.11. The Morgan fingerprint density at radius 3 is 2.22 bits per heavy atom. The second kappa shape index (κ2) is 6.91. The van der Waals surface area contributed by atoms with E-state index in [9.17, 15) is 0 Å². The van der Waals surface area contributed by atoms with E-state index in [2.05, 4.69) is 24.1 Å². The van der Waals surface area contributed by atoms with Gasteiger partial charge in [0.1, 0.15) is 0 Å². The molecule has 1 aliphatic carbocycles. The van der Waals surface area contributed by atoms with Crippen molar-refractivity contribution in [3.8, 4) is 0 Å². The molecule has 0 amide bonds. The van der Waals surface area contributed by atoms with Crippen LogP contribution in [0.5, 0.6) is 0 Å². The molecular formula is C16H32N2. The van der Waals surface area contributed by atoms with Gasteiger partial charge in [-0.05, 0) is 44.2 Å². The van der Waals surface area contributed by atoms with E-state index < -0.39 is 0 Å². The molecule has 2 fully saturated rings. The zero-order valence-corrected chi connectivity index (χ0v) is 12.5. The Hall–Kier alpha value is -0.0800. The van der Waals surface area contributed by atoms with Gasteiger partial charge in [-0.15, -0.1) is 0 Å². The van der Waals surface area contributed by atoms with E-state index in [-0.39, 0.29) is 0 Å². The van der Waals surface area contributed by atoms with Crippen molar-refractivity contribution < 1.29 is 0 Å². The van der Waals surface area contributed by atoms with Gasteiger partial charge in [0.2, 0.25) is 0 Å². The molecule has 0 spiro atoms. The summed E-state index contributed by atoms with van der Waals surface area (Å²) in [4.78, 5) is 2.65. The summed E-state index contributed by atoms with van der Waals surface area (Å²) in [6, 6.07) is 0.814. The fourth-order valence-corrected chi connectivity index (χ4v) is 3.29. The summed E-state index contributed by atoms with van der Waals surface area (Å²) in [5, 5.41) is 3.79. The van der Waals surface area contributed by atoms with Crippen LogP contribution in [0.1, 0.15) is 65.2 Å². The van der Waals surface area contributed by atoms with Gasteiger partial charge in [-0.25, -0.2) is 0 Å². The monoisotopic (exact) mass is 252 g/mol. The van der Waals surface area contributed by atoms with Crippen LogP contribution < -0.4 is 5.32 Å². The normalized spacial score (nSPS) is 27.0. The third kappa shape index (κ3) is 4.89. The van der Waals surface area contributed by atoms with Crippen LogP contribution in [0.15, 0.2) is 0 Å². The Morgan fingerprint density at radius 2 is 1.61 bits per heavy atom. The maximum atomic E-state index is 3.79. The molecule has 2 rings (SSSR count). The van der Waals surface area contributed by atoms with E-state index in [1.807, 2.05) is 0 Å². The molecule has 1 N–H and O–H groups in total. The second-order valence-corrected chi connectivity index (χ2v) is 7.15. The van der Waals surface area contributed by atoms with Crippen molar-refractivity contribution in [2.75, 3.05) is 26.2 Å². The van der Waals surface area contributed by atoms with Crippen LogP contribution in [0.2, 0.25) is 0 Å². The summed E-state index contributed by atoms with van der Waals surface area (Å²) in [5.41, 5.74) is 0.589. The zero-order valence-electron chi connectivity index (χ0n) is 12.5. The fourth-order valence-electron chi connectivity index (χ4n) is 3.29. The van der Waals surface area contributed by atoms with E-state index in [1.165, 1.54) is 77.5 Å². The smallest absolute Gasteiger partial charge is 0.0107 e. The maximum Gasteiger partial charge on any atom is 0.0107 e. The van der Waals surface area contributed by atoms with Gasteiger partial charge in [-0.1, -0.05) is 39.5 Å². The minimum Gasteiger partial charge on any atom is -0.313 e. The van der Waals surface area contributed by atoms with Crippen LogP contribution in [0.25, 0.3) is 0 Å². The Kier molecular flexibility index (Phi) is 5.50. The summed E-state index contributed by atoms with van der Waals surface area (Å²) in [7, 11) is 0. The molecule has 0 bridgehead atoms. The average Bonchev–Trinajstić information content (AvgIpc) is 2.60. The molecule has 1 aliphatic heterocycles. The molecule has 0 aromatic heterocycles. The number of likely N-dealkylation sites (tertiary alicyclic amines) is 1. The highest BCUT2D eigenvalue weighted by molar-refractivity contribution is 4.79. The lowest BCUT2D eigenvalue weighted by Gasteiger charge is -2.37. The van der Waals surface area contributed by atoms with Gasteiger partial charge < -0.3 is 10.2 Å². The van der Waals surface area contributed by atoms with Crippen molar-refractivity contribution in [1.29, 1.82) is 0 Å². The number of piperidine rings is 1. The minimum absolute atomic E-state index is 0.589. The van der Waals surface area contributed by atoms with Gasteiger partial charge in [0.05, 0.1) is 0 Å².